The molecule has 0 saturated carbocycles. The molecule has 1 N–H and O–H groups in total. The smallest absolute Gasteiger partial charge is 0.244 e. The Bertz CT molecular complexity index is 1040. The first-order valence-electron chi connectivity index (χ1n) is 7.80. The summed E-state index contributed by atoms with van der Waals surface area (Å²) in [4.78, 5) is 25.0. The van der Waals surface area contributed by atoms with Gasteiger partial charge in [0.2, 0.25) is 5.91 Å². The molecular formula is C19H17N3O2S. The summed E-state index contributed by atoms with van der Waals surface area (Å²) in [5.74, 6) is -0.223. The number of nitrogens with zero attached hydrogens (tertiary/aromatic N) is 2. The summed E-state index contributed by atoms with van der Waals surface area (Å²) >= 11 is 1.40. The van der Waals surface area contributed by atoms with Crippen molar-refractivity contribution in [3.8, 4) is 6.07 Å². The number of aryl methyl sites for hydroxylation is 1. The molecule has 3 rings (SSSR count). The van der Waals surface area contributed by atoms with Crippen LogP contribution in [0, 0.1) is 32.1 Å². The minimum absolute atomic E-state index is 0.0844. The van der Waals surface area contributed by atoms with Gasteiger partial charge in [0.05, 0.1) is 5.56 Å². The molecule has 0 radical (unpaired) electrons. The number of aldehydes is 1. The number of nitriles is 1. The molecule has 0 unspecified atom stereocenters. The van der Waals surface area contributed by atoms with E-state index in [4.69, 9.17) is 0 Å². The summed E-state index contributed by atoms with van der Waals surface area (Å²) in [6, 6.07) is 9.67. The molecule has 1 amide bonds. The van der Waals surface area contributed by atoms with Crippen LogP contribution in [0.1, 0.15) is 32.1 Å². The van der Waals surface area contributed by atoms with Crippen molar-refractivity contribution in [3.63, 3.8) is 0 Å². The van der Waals surface area contributed by atoms with E-state index in [0.29, 0.717) is 16.1 Å². The third kappa shape index (κ3) is 2.83. The van der Waals surface area contributed by atoms with Crippen molar-refractivity contribution < 1.29 is 9.59 Å². The van der Waals surface area contributed by atoms with Gasteiger partial charge < -0.3 is 9.88 Å². The van der Waals surface area contributed by atoms with E-state index in [0.717, 1.165) is 33.3 Å². The minimum atomic E-state index is -0.223. The average molecular weight is 351 g/mol. The van der Waals surface area contributed by atoms with Gasteiger partial charge in [0.25, 0.3) is 0 Å². The number of amides is 1. The summed E-state index contributed by atoms with van der Waals surface area (Å²) in [5, 5.41) is 13.5. The molecule has 5 nitrogen and oxygen atoms in total. The van der Waals surface area contributed by atoms with E-state index in [1.807, 2.05) is 49.6 Å². The number of carbonyl (C=O) groups excluding carboxylic acids is 2. The van der Waals surface area contributed by atoms with E-state index in [1.54, 1.807) is 0 Å². The zero-order valence-corrected chi connectivity index (χ0v) is 15.0. The van der Waals surface area contributed by atoms with E-state index >= 15 is 0 Å². The second-order valence-electron chi connectivity index (χ2n) is 5.87. The largest absolute Gasteiger partial charge is 0.335 e. The number of para-hydroxylation sites is 1. The second-order valence-corrected chi connectivity index (χ2v) is 7.09. The van der Waals surface area contributed by atoms with Crippen LogP contribution in [-0.4, -0.2) is 16.8 Å². The third-order valence-corrected chi connectivity index (χ3v) is 5.57. The molecule has 0 saturated heterocycles. The van der Waals surface area contributed by atoms with Crippen LogP contribution in [-0.2, 0) is 11.3 Å². The van der Waals surface area contributed by atoms with Gasteiger partial charge in [-0.3, -0.25) is 9.59 Å². The molecule has 2 heterocycles. The molecule has 0 spiro atoms. The number of aromatic nitrogens is 1. The lowest BCUT2D eigenvalue weighted by Gasteiger charge is -2.09. The van der Waals surface area contributed by atoms with Gasteiger partial charge >= 0.3 is 0 Å². The van der Waals surface area contributed by atoms with Crippen molar-refractivity contribution in [2.45, 2.75) is 27.3 Å². The molecule has 0 fully saturated rings. The van der Waals surface area contributed by atoms with E-state index in [2.05, 4.69) is 11.4 Å². The van der Waals surface area contributed by atoms with Crippen LogP contribution in [0.5, 0.6) is 0 Å². The number of benzene rings is 1. The maximum absolute atomic E-state index is 12.5. The topological polar surface area (TPSA) is 74.9 Å². The molecule has 0 aliphatic carbocycles. The molecule has 1 aromatic carbocycles. The van der Waals surface area contributed by atoms with E-state index in [1.165, 1.54) is 11.3 Å². The Kier molecular flexibility index (Phi) is 4.43. The molecule has 6 heteroatoms. The monoisotopic (exact) mass is 351 g/mol. The van der Waals surface area contributed by atoms with Crippen LogP contribution in [0.3, 0.4) is 0 Å². The number of nitrogens with one attached hydrogen (secondary N) is 1. The van der Waals surface area contributed by atoms with Crippen molar-refractivity contribution in [2.24, 2.45) is 0 Å². The lowest BCUT2D eigenvalue weighted by molar-refractivity contribution is -0.116. The number of hydrogen-bond acceptors (Lipinski definition) is 4. The van der Waals surface area contributed by atoms with Crippen molar-refractivity contribution >= 4 is 39.4 Å². The Morgan fingerprint density at radius 1 is 1.32 bits per heavy atom. The fourth-order valence-electron chi connectivity index (χ4n) is 2.97. The summed E-state index contributed by atoms with van der Waals surface area (Å²) in [7, 11) is 0. The quantitative estimate of drug-likeness (QED) is 0.723. The first-order chi connectivity index (χ1) is 12.0. The fourth-order valence-corrected chi connectivity index (χ4v) is 4.00. The zero-order chi connectivity index (χ0) is 18.1. The molecular weight excluding hydrogens is 334 g/mol. The van der Waals surface area contributed by atoms with Crippen LogP contribution >= 0.6 is 11.3 Å². The molecule has 0 aliphatic heterocycles. The van der Waals surface area contributed by atoms with Crippen molar-refractivity contribution in [2.75, 3.05) is 5.32 Å². The normalized spacial score (nSPS) is 10.6. The molecule has 126 valence electrons. The standard InChI is InChI=1S/C19H17N3O2S/c1-11-13(3)25-19(15(11)8-20)21-18(24)9-22-12(2)16(10-23)14-6-4-5-7-17(14)22/h4-7,10H,9H2,1-3H3,(H,21,24). The highest BCUT2D eigenvalue weighted by Gasteiger charge is 2.18. The summed E-state index contributed by atoms with van der Waals surface area (Å²) < 4.78 is 1.83. The van der Waals surface area contributed by atoms with Gasteiger partial charge in [-0.1, -0.05) is 18.2 Å². The first kappa shape index (κ1) is 16.9. The second kappa shape index (κ2) is 6.54. The highest BCUT2D eigenvalue weighted by Crippen LogP contribution is 2.32. The number of rotatable bonds is 4. The Hall–Kier alpha value is -2.91. The van der Waals surface area contributed by atoms with Gasteiger partial charge in [-0.15, -0.1) is 11.3 Å². The Balaban J connectivity index is 1.94. The predicted molar refractivity (Wildman–Crippen MR) is 99.2 cm³/mol. The van der Waals surface area contributed by atoms with Crippen molar-refractivity contribution in [1.82, 2.24) is 4.57 Å². The SMILES string of the molecule is Cc1sc(NC(=O)Cn2c(C)c(C=O)c3ccccc32)c(C#N)c1C. The van der Waals surface area contributed by atoms with E-state index in [9.17, 15) is 14.9 Å². The molecule has 0 bridgehead atoms. The zero-order valence-electron chi connectivity index (χ0n) is 14.2. The molecule has 3 aromatic rings. The average Bonchev–Trinajstić information content (AvgIpc) is 3.01. The Morgan fingerprint density at radius 2 is 2.04 bits per heavy atom. The van der Waals surface area contributed by atoms with Crippen LogP contribution in [0.2, 0.25) is 0 Å². The number of carbonyl (C=O) groups is 2. The number of fused-ring (bicyclic) bond motifs is 1. The summed E-state index contributed by atoms with van der Waals surface area (Å²) in [6.07, 6.45) is 0.825. The van der Waals surface area contributed by atoms with E-state index < -0.39 is 0 Å². The van der Waals surface area contributed by atoms with Crippen LogP contribution in [0.15, 0.2) is 24.3 Å². The van der Waals surface area contributed by atoms with Gasteiger partial charge in [0, 0.05) is 27.0 Å². The van der Waals surface area contributed by atoms with E-state index in [-0.39, 0.29) is 12.5 Å². The molecule has 2 aromatic heterocycles. The molecule has 0 atom stereocenters. The lowest BCUT2D eigenvalue weighted by atomic mass is 10.1. The van der Waals surface area contributed by atoms with Crippen LogP contribution < -0.4 is 5.32 Å². The summed E-state index contributed by atoms with van der Waals surface area (Å²) in [6.45, 7) is 5.72. The first-order valence-corrected chi connectivity index (χ1v) is 8.62. The van der Waals surface area contributed by atoms with Gasteiger partial charge in [-0.2, -0.15) is 5.26 Å². The van der Waals surface area contributed by atoms with Gasteiger partial charge in [-0.25, -0.2) is 0 Å². The maximum atomic E-state index is 12.5. The van der Waals surface area contributed by atoms with Crippen LogP contribution in [0.4, 0.5) is 5.00 Å². The highest BCUT2D eigenvalue weighted by atomic mass is 32.1. The lowest BCUT2D eigenvalue weighted by Crippen LogP contribution is -2.19. The fraction of sp³-hybridized carbons (Fsp3) is 0.211. The van der Waals surface area contributed by atoms with Crippen molar-refractivity contribution in [1.29, 1.82) is 5.26 Å². The van der Waals surface area contributed by atoms with Gasteiger partial charge in [0.15, 0.2) is 6.29 Å². The predicted octanol–water partition coefficient (Wildman–Crippen LogP) is 3.95. The maximum Gasteiger partial charge on any atom is 0.244 e. The summed E-state index contributed by atoms with van der Waals surface area (Å²) in [5.41, 5.74) is 3.61. The van der Waals surface area contributed by atoms with Crippen LogP contribution in [0.25, 0.3) is 10.9 Å². The number of anilines is 1. The number of thiophene rings is 1. The number of hydrogen-bond donors (Lipinski definition) is 1. The third-order valence-electron chi connectivity index (χ3n) is 4.45. The molecule has 0 aliphatic rings. The van der Waals surface area contributed by atoms with Gasteiger partial charge in [0.1, 0.15) is 17.6 Å². The van der Waals surface area contributed by atoms with Crippen molar-refractivity contribution in [3.05, 3.63) is 51.5 Å². The van der Waals surface area contributed by atoms with Gasteiger partial charge in [-0.05, 0) is 32.4 Å². The highest BCUT2D eigenvalue weighted by molar-refractivity contribution is 7.16. The minimum Gasteiger partial charge on any atom is -0.335 e. The molecule has 25 heavy (non-hydrogen) atoms. The Labute approximate surface area is 149 Å². The Morgan fingerprint density at radius 3 is 2.72 bits per heavy atom.